The first-order valence-electron chi connectivity index (χ1n) is 5.70. The molecular formula is C14H11Br3N2O. The molecular weight excluding hydrogens is 452 g/mol. The number of hydrogen-bond donors (Lipinski definition) is 2. The van der Waals surface area contributed by atoms with Gasteiger partial charge in [0.1, 0.15) is 0 Å². The first-order valence-corrected chi connectivity index (χ1v) is 8.08. The van der Waals surface area contributed by atoms with Gasteiger partial charge in [-0.1, -0.05) is 22.0 Å². The first-order chi connectivity index (χ1) is 9.38. The molecule has 0 saturated carbocycles. The highest BCUT2D eigenvalue weighted by atomic mass is 79.9. The van der Waals surface area contributed by atoms with Crippen molar-refractivity contribution in [1.82, 2.24) is 0 Å². The van der Waals surface area contributed by atoms with Crippen molar-refractivity contribution in [3.63, 3.8) is 0 Å². The smallest absolute Gasteiger partial charge is 0.255 e. The van der Waals surface area contributed by atoms with Crippen LogP contribution in [0.5, 0.6) is 0 Å². The number of hydrogen-bond acceptors (Lipinski definition) is 2. The Balaban J connectivity index is 2.30. The van der Waals surface area contributed by atoms with Crippen molar-refractivity contribution in [2.24, 2.45) is 0 Å². The molecule has 0 radical (unpaired) electrons. The average molecular weight is 463 g/mol. The maximum Gasteiger partial charge on any atom is 0.255 e. The second kappa shape index (κ2) is 6.28. The van der Waals surface area contributed by atoms with Crippen molar-refractivity contribution >= 4 is 65.1 Å². The number of carbonyl (C=O) groups excluding carboxylic acids is 1. The molecule has 1 amide bonds. The predicted molar refractivity (Wildman–Crippen MR) is 93.1 cm³/mol. The van der Waals surface area contributed by atoms with Crippen LogP contribution in [0, 0.1) is 6.92 Å². The zero-order valence-corrected chi connectivity index (χ0v) is 15.3. The highest BCUT2D eigenvalue weighted by Gasteiger charge is 2.12. The Morgan fingerprint density at radius 2 is 1.65 bits per heavy atom. The maximum atomic E-state index is 12.3. The molecule has 0 aliphatic heterocycles. The maximum absolute atomic E-state index is 12.3. The minimum atomic E-state index is -0.183. The van der Waals surface area contributed by atoms with Crippen molar-refractivity contribution in [3.05, 3.63) is 54.9 Å². The largest absolute Gasteiger partial charge is 0.399 e. The van der Waals surface area contributed by atoms with Gasteiger partial charge in [0.2, 0.25) is 0 Å². The number of benzene rings is 2. The lowest BCUT2D eigenvalue weighted by Crippen LogP contribution is -2.13. The number of rotatable bonds is 2. The molecule has 0 bridgehead atoms. The topological polar surface area (TPSA) is 55.1 Å². The number of amides is 1. The summed E-state index contributed by atoms with van der Waals surface area (Å²) < 4.78 is 2.35. The summed E-state index contributed by atoms with van der Waals surface area (Å²) in [5.41, 5.74) is 8.65. The fourth-order valence-electron chi connectivity index (χ4n) is 1.63. The van der Waals surface area contributed by atoms with Gasteiger partial charge in [-0.15, -0.1) is 0 Å². The third kappa shape index (κ3) is 3.42. The molecule has 2 rings (SSSR count). The van der Waals surface area contributed by atoms with Gasteiger partial charge in [-0.3, -0.25) is 4.79 Å². The number of nitrogens with one attached hydrogen (secondary N) is 1. The minimum Gasteiger partial charge on any atom is -0.399 e. The second-order valence-electron chi connectivity index (χ2n) is 4.28. The number of nitrogens with two attached hydrogens (primary N) is 1. The van der Waals surface area contributed by atoms with E-state index in [1.165, 1.54) is 0 Å². The Hall–Kier alpha value is -0.850. The molecule has 2 aromatic rings. The normalized spacial score (nSPS) is 10.4. The Morgan fingerprint density at radius 1 is 1.05 bits per heavy atom. The van der Waals surface area contributed by atoms with Crippen LogP contribution in [0.15, 0.2) is 43.7 Å². The lowest BCUT2D eigenvalue weighted by Gasteiger charge is -2.11. The molecule has 0 atom stereocenters. The van der Waals surface area contributed by atoms with Crippen molar-refractivity contribution in [1.29, 1.82) is 0 Å². The van der Waals surface area contributed by atoms with Crippen LogP contribution in [0.1, 0.15) is 15.9 Å². The Morgan fingerprint density at radius 3 is 2.20 bits per heavy atom. The summed E-state index contributed by atoms with van der Waals surface area (Å²) in [7, 11) is 0. The van der Waals surface area contributed by atoms with Gasteiger partial charge in [-0.25, -0.2) is 0 Å². The van der Waals surface area contributed by atoms with Gasteiger partial charge in [0.15, 0.2) is 0 Å². The quantitative estimate of drug-likeness (QED) is 0.609. The van der Waals surface area contributed by atoms with E-state index in [0.29, 0.717) is 16.9 Å². The standard InChI is InChI=1S/C14H11Br3N2O/c1-7-2-3-8(4-10(7)15)14(20)19-13-11(16)5-9(18)6-12(13)17/h2-6H,18H2,1H3,(H,19,20). The molecule has 2 aromatic carbocycles. The summed E-state index contributed by atoms with van der Waals surface area (Å²) in [6.45, 7) is 1.97. The van der Waals surface area contributed by atoms with E-state index in [4.69, 9.17) is 5.73 Å². The van der Waals surface area contributed by atoms with Crippen LogP contribution in [0.4, 0.5) is 11.4 Å². The van der Waals surface area contributed by atoms with Gasteiger partial charge >= 0.3 is 0 Å². The van der Waals surface area contributed by atoms with Crippen LogP contribution in [0.3, 0.4) is 0 Å². The SMILES string of the molecule is Cc1ccc(C(=O)Nc2c(Br)cc(N)cc2Br)cc1Br. The van der Waals surface area contributed by atoms with Crippen molar-refractivity contribution in [2.75, 3.05) is 11.1 Å². The van der Waals surface area contributed by atoms with Crippen LogP contribution < -0.4 is 11.1 Å². The third-order valence-electron chi connectivity index (χ3n) is 2.74. The van der Waals surface area contributed by atoms with Crippen LogP contribution >= 0.6 is 47.8 Å². The fourth-order valence-corrected chi connectivity index (χ4v) is 3.43. The number of carbonyl (C=O) groups is 1. The monoisotopic (exact) mass is 460 g/mol. The van der Waals surface area contributed by atoms with Crippen molar-refractivity contribution in [3.8, 4) is 0 Å². The Bertz CT molecular complexity index is 663. The summed E-state index contributed by atoms with van der Waals surface area (Å²) in [4.78, 5) is 12.3. The molecule has 3 N–H and O–H groups in total. The molecule has 0 spiro atoms. The summed E-state index contributed by atoms with van der Waals surface area (Å²) in [6, 6.07) is 8.96. The Labute approximate surface area is 142 Å². The second-order valence-corrected chi connectivity index (χ2v) is 6.84. The molecule has 0 aromatic heterocycles. The highest BCUT2D eigenvalue weighted by molar-refractivity contribution is 9.11. The number of anilines is 2. The minimum absolute atomic E-state index is 0.183. The molecule has 0 fully saturated rings. The molecule has 3 nitrogen and oxygen atoms in total. The van der Waals surface area contributed by atoms with Crippen LogP contribution in [0.2, 0.25) is 0 Å². The Kier molecular flexibility index (Phi) is 4.88. The van der Waals surface area contributed by atoms with Gasteiger partial charge in [-0.2, -0.15) is 0 Å². The van der Waals surface area contributed by atoms with Gasteiger partial charge in [0.05, 0.1) is 5.69 Å². The summed E-state index contributed by atoms with van der Waals surface area (Å²) >= 11 is 10.2. The van der Waals surface area contributed by atoms with Crippen LogP contribution in [0.25, 0.3) is 0 Å². The summed E-state index contributed by atoms with van der Waals surface area (Å²) in [5, 5.41) is 2.86. The fraction of sp³-hybridized carbons (Fsp3) is 0.0714. The molecule has 0 heterocycles. The van der Waals surface area contributed by atoms with E-state index >= 15 is 0 Å². The van der Waals surface area contributed by atoms with Crippen LogP contribution in [-0.2, 0) is 0 Å². The van der Waals surface area contributed by atoms with Gasteiger partial charge in [0, 0.05) is 24.7 Å². The molecule has 20 heavy (non-hydrogen) atoms. The molecule has 0 saturated heterocycles. The van der Waals surface area contributed by atoms with E-state index in [1.807, 2.05) is 13.0 Å². The van der Waals surface area contributed by atoms with Crippen LogP contribution in [-0.4, -0.2) is 5.91 Å². The lowest BCUT2D eigenvalue weighted by atomic mass is 10.1. The number of nitrogen functional groups attached to an aromatic ring is 1. The van der Waals surface area contributed by atoms with Crippen molar-refractivity contribution < 1.29 is 4.79 Å². The predicted octanol–water partition coefficient (Wildman–Crippen LogP) is 5.12. The van der Waals surface area contributed by atoms with E-state index in [0.717, 1.165) is 19.0 Å². The summed E-state index contributed by atoms with van der Waals surface area (Å²) in [5.74, 6) is -0.183. The molecule has 0 aliphatic rings. The molecule has 0 unspecified atom stereocenters. The van der Waals surface area contributed by atoms with E-state index in [-0.39, 0.29) is 5.91 Å². The first kappa shape index (κ1) is 15.5. The molecule has 104 valence electrons. The van der Waals surface area contributed by atoms with Gasteiger partial charge < -0.3 is 11.1 Å². The van der Waals surface area contributed by atoms with E-state index in [2.05, 4.69) is 53.1 Å². The van der Waals surface area contributed by atoms with E-state index < -0.39 is 0 Å². The third-order valence-corrected chi connectivity index (χ3v) is 4.84. The number of halogens is 3. The average Bonchev–Trinajstić information content (AvgIpc) is 2.36. The zero-order valence-electron chi connectivity index (χ0n) is 10.5. The van der Waals surface area contributed by atoms with E-state index in [1.54, 1.807) is 24.3 Å². The zero-order chi connectivity index (χ0) is 14.9. The lowest BCUT2D eigenvalue weighted by molar-refractivity contribution is 0.102. The van der Waals surface area contributed by atoms with Crippen molar-refractivity contribution in [2.45, 2.75) is 6.92 Å². The number of aryl methyl sites for hydroxylation is 1. The highest BCUT2D eigenvalue weighted by Crippen LogP contribution is 2.33. The summed E-state index contributed by atoms with van der Waals surface area (Å²) in [6.07, 6.45) is 0. The van der Waals surface area contributed by atoms with Gasteiger partial charge in [0.25, 0.3) is 5.91 Å². The molecule has 0 aliphatic carbocycles. The van der Waals surface area contributed by atoms with Gasteiger partial charge in [-0.05, 0) is 68.6 Å². The molecule has 6 heteroatoms. The van der Waals surface area contributed by atoms with E-state index in [9.17, 15) is 4.79 Å².